The highest BCUT2D eigenvalue weighted by atomic mass is 35.5. The standard InChI is InChI=1S/C18H16ClN3O5/c19-17-6-2-1-4-12(17)8-14-5-3-7-20(14)18(23)13-9-15(21(24)25)11-16(10-13)22(26)27/h1-2,4,6,9-11,14H,3,5,7-8H2. The Kier molecular flexibility index (Phi) is 5.36. The number of amides is 1. The molecule has 0 saturated carbocycles. The van der Waals surface area contributed by atoms with E-state index in [0.717, 1.165) is 36.6 Å². The van der Waals surface area contributed by atoms with Gasteiger partial charge in [-0.2, -0.15) is 0 Å². The zero-order valence-electron chi connectivity index (χ0n) is 14.2. The molecule has 3 rings (SSSR count). The molecule has 27 heavy (non-hydrogen) atoms. The number of nitrogens with zero attached hydrogens (tertiary/aromatic N) is 3. The fourth-order valence-corrected chi connectivity index (χ4v) is 3.54. The van der Waals surface area contributed by atoms with Gasteiger partial charge in [-0.05, 0) is 30.9 Å². The zero-order valence-corrected chi connectivity index (χ0v) is 15.0. The fraction of sp³-hybridized carbons (Fsp3) is 0.278. The third kappa shape index (κ3) is 4.06. The van der Waals surface area contributed by atoms with Crippen LogP contribution in [-0.4, -0.2) is 33.2 Å². The van der Waals surface area contributed by atoms with Crippen LogP contribution in [0, 0.1) is 20.2 Å². The van der Waals surface area contributed by atoms with Crippen LogP contribution in [-0.2, 0) is 6.42 Å². The Labute approximate surface area is 159 Å². The quantitative estimate of drug-likeness (QED) is 0.567. The van der Waals surface area contributed by atoms with E-state index in [1.807, 2.05) is 18.2 Å². The van der Waals surface area contributed by atoms with Crippen LogP contribution in [0.25, 0.3) is 0 Å². The summed E-state index contributed by atoms with van der Waals surface area (Å²) >= 11 is 6.20. The predicted molar refractivity (Wildman–Crippen MR) is 99.0 cm³/mol. The van der Waals surface area contributed by atoms with E-state index in [4.69, 9.17) is 11.6 Å². The van der Waals surface area contributed by atoms with E-state index in [1.54, 1.807) is 11.0 Å². The molecule has 1 heterocycles. The van der Waals surface area contributed by atoms with Gasteiger partial charge >= 0.3 is 0 Å². The van der Waals surface area contributed by atoms with Crippen LogP contribution in [0.5, 0.6) is 0 Å². The highest BCUT2D eigenvalue weighted by molar-refractivity contribution is 6.31. The third-order valence-corrected chi connectivity index (χ3v) is 4.99. The van der Waals surface area contributed by atoms with E-state index in [1.165, 1.54) is 0 Å². The van der Waals surface area contributed by atoms with Crippen LogP contribution in [0.4, 0.5) is 11.4 Å². The van der Waals surface area contributed by atoms with E-state index < -0.39 is 27.1 Å². The van der Waals surface area contributed by atoms with Gasteiger partial charge in [-0.25, -0.2) is 0 Å². The summed E-state index contributed by atoms with van der Waals surface area (Å²) < 4.78 is 0. The summed E-state index contributed by atoms with van der Waals surface area (Å²) in [5.41, 5.74) is -0.0975. The summed E-state index contributed by atoms with van der Waals surface area (Å²) in [7, 11) is 0. The molecule has 9 heteroatoms. The van der Waals surface area contributed by atoms with Crippen molar-refractivity contribution < 1.29 is 14.6 Å². The Balaban J connectivity index is 1.89. The van der Waals surface area contributed by atoms with Crippen LogP contribution in [0.15, 0.2) is 42.5 Å². The minimum absolute atomic E-state index is 0.0537. The Hall–Kier alpha value is -3.00. The molecule has 8 nitrogen and oxygen atoms in total. The van der Waals surface area contributed by atoms with Gasteiger partial charge in [0.2, 0.25) is 0 Å². The first kappa shape index (κ1) is 18.8. The van der Waals surface area contributed by atoms with Crippen LogP contribution in [0.1, 0.15) is 28.8 Å². The Morgan fingerprint density at radius 1 is 1.11 bits per heavy atom. The molecule has 1 fully saturated rings. The highest BCUT2D eigenvalue weighted by Crippen LogP contribution is 2.29. The molecule has 2 aromatic carbocycles. The maximum Gasteiger partial charge on any atom is 0.277 e. The average molecular weight is 390 g/mol. The molecule has 0 spiro atoms. The molecule has 0 aromatic heterocycles. The van der Waals surface area contributed by atoms with Gasteiger partial charge in [-0.3, -0.25) is 25.0 Å². The van der Waals surface area contributed by atoms with Gasteiger partial charge in [0.1, 0.15) is 0 Å². The van der Waals surface area contributed by atoms with Gasteiger partial charge in [0.05, 0.1) is 21.5 Å². The molecule has 140 valence electrons. The largest absolute Gasteiger partial charge is 0.335 e. The molecule has 0 bridgehead atoms. The number of benzene rings is 2. The number of hydrogen-bond donors (Lipinski definition) is 0. The SMILES string of the molecule is O=C(c1cc([N+](=O)[O-])cc([N+](=O)[O-])c1)N1CCCC1Cc1ccccc1Cl. The zero-order chi connectivity index (χ0) is 19.6. The lowest BCUT2D eigenvalue weighted by atomic mass is 10.0. The van der Waals surface area contributed by atoms with Crippen molar-refractivity contribution in [1.82, 2.24) is 4.90 Å². The van der Waals surface area contributed by atoms with E-state index in [2.05, 4.69) is 0 Å². The molecule has 2 aromatic rings. The molecule has 1 amide bonds. The monoisotopic (exact) mass is 389 g/mol. The summed E-state index contributed by atoms with van der Waals surface area (Å²) in [4.78, 5) is 35.2. The van der Waals surface area contributed by atoms with Crippen molar-refractivity contribution in [2.24, 2.45) is 0 Å². The lowest BCUT2D eigenvalue weighted by Gasteiger charge is -2.25. The molecule has 1 atom stereocenters. The number of non-ortho nitro benzene ring substituents is 2. The van der Waals surface area contributed by atoms with Gasteiger partial charge in [0.15, 0.2) is 0 Å². The van der Waals surface area contributed by atoms with Crippen molar-refractivity contribution >= 4 is 28.9 Å². The summed E-state index contributed by atoms with van der Waals surface area (Å²) in [5.74, 6) is -0.448. The number of halogens is 1. The lowest BCUT2D eigenvalue weighted by molar-refractivity contribution is -0.394. The minimum Gasteiger partial charge on any atom is -0.335 e. The summed E-state index contributed by atoms with van der Waals surface area (Å²) in [6.45, 7) is 0.491. The summed E-state index contributed by atoms with van der Waals surface area (Å²) in [6.07, 6.45) is 2.12. The summed E-state index contributed by atoms with van der Waals surface area (Å²) in [5, 5.41) is 22.7. The number of carbonyl (C=O) groups is 1. The smallest absolute Gasteiger partial charge is 0.277 e. The molecule has 0 aliphatic carbocycles. The fourth-order valence-electron chi connectivity index (χ4n) is 3.33. The Morgan fingerprint density at radius 3 is 2.33 bits per heavy atom. The van der Waals surface area contributed by atoms with Crippen molar-refractivity contribution in [3.8, 4) is 0 Å². The highest BCUT2D eigenvalue weighted by Gasteiger charge is 2.31. The van der Waals surface area contributed by atoms with Crippen LogP contribution in [0.3, 0.4) is 0 Å². The first-order chi connectivity index (χ1) is 12.9. The average Bonchev–Trinajstić information content (AvgIpc) is 3.10. The van der Waals surface area contributed by atoms with Crippen molar-refractivity contribution in [2.45, 2.75) is 25.3 Å². The number of nitro groups is 2. The number of hydrogen-bond acceptors (Lipinski definition) is 5. The Morgan fingerprint density at radius 2 is 1.74 bits per heavy atom. The summed E-state index contributed by atoms with van der Waals surface area (Å²) in [6, 6.07) is 10.3. The predicted octanol–water partition coefficient (Wildman–Crippen LogP) is 4.00. The van der Waals surface area contributed by atoms with Gasteiger partial charge in [-0.1, -0.05) is 29.8 Å². The van der Waals surface area contributed by atoms with Crippen molar-refractivity contribution in [3.05, 3.63) is 78.8 Å². The molecule has 0 radical (unpaired) electrons. The third-order valence-electron chi connectivity index (χ3n) is 4.62. The van der Waals surface area contributed by atoms with E-state index in [-0.39, 0.29) is 11.6 Å². The Bertz CT molecular complexity index is 885. The van der Waals surface area contributed by atoms with Crippen LogP contribution < -0.4 is 0 Å². The maximum absolute atomic E-state index is 12.9. The molecular formula is C18H16ClN3O5. The first-order valence-electron chi connectivity index (χ1n) is 8.35. The number of likely N-dealkylation sites (tertiary alicyclic amines) is 1. The van der Waals surface area contributed by atoms with Crippen molar-refractivity contribution in [3.63, 3.8) is 0 Å². The molecule has 1 aliphatic heterocycles. The van der Waals surface area contributed by atoms with E-state index >= 15 is 0 Å². The maximum atomic E-state index is 12.9. The topological polar surface area (TPSA) is 107 Å². The molecule has 1 unspecified atom stereocenters. The minimum atomic E-state index is -0.741. The second kappa shape index (κ2) is 7.71. The molecule has 1 aliphatic rings. The van der Waals surface area contributed by atoms with Crippen LogP contribution in [0.2, 0.25) is 5.02 Å². The molecule has 1 saturated heterocycles. The van der Waals surface area contributed by atoms with E-state index in [9.17, 15) is 25.0 Å². The van der Waals surface area contributed by atoms with Gasteiger partial charge in [0, 0.05) is 29.7 Å². The van der Waals surface area contributed by atoms with Crippen molar-refractivity contribution in [1.29, 1.82) is 0 Å². The second-order valence-electron chi connectivity index (χ2n) is 6.34. The molecular weight excluding hydrogens is 374 g/mol. The number of carbonyl (C=O) groups excluding carboxylic acids is 1. The number of nitro benzene ring substituents is 2. The van der Waals surface area contributed by atoms with Crippen molar-refractivity contribution in [2.75, 3.05) is 6.54 Å². The van der Waals surface area contributed by atoms with Gasteiger partial charge in [0.25, 0.3) is 17.3 Å². The van der Waals surface area contributed by atoms with Gasteiger partial charge in [-0.15, -0.1) is 0 Å². The molecule has 0 N–H and O–H groups in total. The van der Waals surface area contributed by atoms with Gasteiger partial charge < -0.3 is 4.90 Å². The normalized spacial score (nSPS) is 16.3. The first-order valence-corrected chi connectivity index (χ1v) is 8.73. The van der Waals surface area contributed by atoms with Crippen LogP contribution >= 0.6 is 11.6 Å². The lowest BCUT2D eigenvalue weighted by Crippen LogP contribution is -2.36. The second-order valence-corrected chi connectivity index (χ2v) is 6.75. The number of rotatable bonds is 5. The van der Waals surface area contributed by atoms with E-state index in [0.29, 0.717) is 18.0 Å².